The van der Waals surface area contributed by atoms with Crippen LogP contribution < -0.4 is 20.1 Å². The van der Waals surface area contributed by atoms with Gasteiger partial charge in [0.15, 0.2) is 11.5 Å². The summed E-state index contributed by atoms with van der Waals surface area (Å²) in [6.45, 7) is 12.5. The molecule has 0 aliphatic rings. The fraction of sp³-hybridized carbons (Fsp3) is 0.462. The summed E-state index contributed by atoms with van der Waals surface area (Å²) in [7, 11) is 1.59. The van der Waals surface area contributed by atoms with Crippen molar-refractivity contribution >= 4 is 11.8 Å². The number of hydrogen-bond acceptors (Lipinski definition) is 4. The molecule has 2 amide bonds. The standard InChI is InChI=1S/C26H36N2O4/c1-17(2)32-22-13-10-20(16-23(22)31-7)18(3)28-24(29)14-15-27-25(30)19-8-11-21(12-9-19)26(4,5)6/h8-13,16-18H,14-15H2,1-7H3,(H,27,30)(H,28,29). The van der Waals surface area contributed by atoms with Crippen molar-refractivity contribution in [2.75, 3.05) is 13.7 Å². The van der Waals surface area contributed by atoms with E-state index in [1.54, 1.807) is 7.11 Å². The minimum absolute atomic E-state index is 0.0373. The van der Waals surface area contributed by atoms with Gasteiger partial charge in [0.2, 0.25) is 5.91 Å². The Balaban J connectivity index is 1.85. The molecule has 2 N–H and O–H groups in total. The Bertz CT molecular complexity index is 914. The van der Waals surface area contributed by atoms with Gasteiger partial charge in [-0.1, -0.05) is 39.0 Å². The molecule has 0 spiro atoms. The molecule has 2 rings (SSSR count). The number of benzene rings is 2. The van der Waals surface area contributed by atoms with E-state index in [1.807, 2.05) is 63.2 Å². The molecule has 0 fully saturated rings. The van der Waals surface area contributed by atoms with Crippen molar-refractivity contribution in [1.82, 2.24) is 10.6 Å². The van der Waals surface area contributed by atoms with Crippen LogP contribution in [0.3, 0.4) is 0 Å². The molecular weight excluding hydrogens is 404 g/mol. The van der Waals surface area contributed by atoms with E-state index in [4.69, 9.17) is 9.47 Å². The Labute approximate surface area is 191 Å². The molecule has 2 aromatic carbocycles. The minimum Gasteiger partial charge on any atom is -0.493 e. The molecule has 174 valence electrons. The van der Waals surface area contributed by atoms with E-state index in [2.05, 4.69) is 31.4 Å². The summed E-state index contributed by atoms with van der Waals surface area (Å²) in [5, 5.41) is 5.77. The maximum Gasteiger partial charge on any atom is 0.251 e. The molecule has 32 heavy (non-hydrogen) atoms. The Hall–Kier alpha value is -3.02. The molecule has 2 aromatic rings. The fourth-order valence-electron chi connectivity index (χ4n) is 3.22. The van der Waals surface area contributed by atoms with Gasteiger partial charge < -0.3 is 20.1 Å². The van der Waals surface area contributed by atoms with Gasteiger partial charge in [-0.15, -0.1) is 0 Å². The highest BCUT2D eigenvalue weighted by Gasteiger charge is 2.16. The summed E-state index contributed by atoms with van der Waals surface area (Å²) in [5.74, 6) is 0.976. The van der Waals surface area contributed by atoms with Gasteiger partial charge in [0.25, 0.3) is 5.91 Å². The molecule has 0 bridgehead atoms. The molecule has 1 unspecified atom stereocenters. The van der Waals surface area contributed by atoms with Gasteiger partial charge in [-0.25, -0.2) is 0 Å². The van der Waals surface area contributed by atoms with Gasteiger partial charge in [0, 0.05) is 18.5 Å². The van der Waals surface area contributed by atoms with Gasteiger partial charge in [-0.05, 0) is 61.6 Å². The fourth-order valence-corrected chi connectivity index (χ4v) is 3.22. The third kappa shape index (κ3) is 7.29. The number of hydrogen-bond donors (Lipinski definition) is 2. The lowest BCUT2D eigenvalue weighted by Gasteiger charge is -2.19. The molecule has 0 aliphatic carbocycles. The Morgan fingerprint density at radius 3 is 2.19 bits per heavy atom. The average Bonchev–Trinajstić information content (AvgIpc) is 2.72. The highest BCUT2D eigenvalue weighted by molar-refractivity contribution is 5.94. The number of rotatable bonds is 9. The summed E-state index contributed by atoms with van der Waals surface area (Å²) in [6.07, 6.45) is 0.237. The molecule has 0 aromatic heterocycles. The van der Waals surface area contributed by atoms with Crippen LogP contribution >= 0.6 is 0 Å². The van der Waals surface area contributed by atoms with E-state index in [0.29, 0.717) is 17.1 Å². The molecule has 6 heteroatoms. The van der Waals surface area contributed by atoms with Crippen LogP contribution in [0.25, 0.3) is 0 Å². The van der Waals surface area contributed by atoms with Gasteiger partial charge in [0.1, 0.15) is 0 Å². The van der Waals surface area contributed by atoms with Crippen molar-refractivity contribution < 1.29 is 19.1 Å². The lowest BCUT2D eigenvalue weighted by Crippen LogP contribution is -2.32. The van der Waals surface area contributed by atoms with Crippen LogP contribution in [0.2, 0.25) is 0 Å². The normalized spacial score (nSPS) is 12.2. The maximum absolute atomic E-state index is 12.3. The van der Waals surface area contributed by atoms with E-state index in [9.17, 15) is 9.59 Å². The van der Waals surface area contributed by atoms with Crippen LogP contribution in [0.5, 0.6) is 11.5 Å². The second-order valence-corrected chi connectivity index (χ2v) is 9.20. The zero-order valence-corrected chi connectivity index (χ0v) is 20.2. The molecule has 0 saturated heterocycles. The first kappa shape index (κ1) is 25.2. The average molecular weight is 441 g/mol. The first-order valence-corrected chi connectivity index (χ1v) is 11.0. The summed E-state index contributed by atoms with van der Waals surface area (Å²) in [5.41, 5.74) is 2.70. The SMILES string of the molecule is COc1cc(C(C)NC(=O)CCNC(=O)c2ccc(C(C)(C)C)cc2)ccc1OC(C)C. The predicted octanol–water partition coefficient (Wildman–Crippen LogP) is 4.78. The summed E-state index contributed by atoms with van der Waals surface area (Å²) < 4.78 is 11.2. The van der Waals surface area contributed by atoms with Gasteiger partial charge in [-0.3, -0.25) is 9.59 Å². The highest BCUT2D eigenvalue weighted by Crippen LogP contribution is 2.31. The second-order valence-electron chi connectivity index (χ2n) is 9.20. The monoisotopic (exact) mass is 440 g/mol. The summed E-state index contributed by atoms with van der Waals surface area (Å²) in [4.78, 5) is 24.7. The summed E-state index contributed by atoms with van der Waals surface area (Å²) in [6, 6.07) is 13.0. The van der Waals surface area contributed by atoms with Gasteiger partial charge in [-0.2, -0.15) is 0 Å². The largest absolute Gasteiger partial charge is 0.493 e. The quantitative estimate of drug-likeness (QED) is 0.588. The predicted molar refractivity (Wildman–Crippen MR) is 127 cm³/mol. The molecule has 0 saturated carbocycles. The lowest BCUT2D eigenvalue weighted by molar-refractivity contribution is -0.121. The van der Waals surface area contributed by atoms with Crippen LogP contribution in [-0.4, -0.2) is 31.6 Å². The molecule has 0 radical (unpaired) electrons. The van der Waals surface area contributed by atoms with Crippen molar-refractivity contribution in [1.29, 1.82) is 0 Å². The van der Waals surface area contributed by atoms with Crippen LogP contribution in [0, 0.1) is 0 Å². The molecular formula is C26H36N2O4. The number of carbonyl (C=O) groups excluding carboxylic acids is 2. The molecule has 0 aliphatic heterocycles. The highest BCUT2D eigenvalue weighted by atomic mass is 16.5. The maximum atomic E-state index is 12.3. The second kappa shape index (κ2) is 11.0. The smallest absolute Gasteiger partial charge is 0.251 e. The van der Waals surface area contributed by atoms with Crippen molar-refractivity contribution in [2.45, 2.75) is 65.5 Å². The van der Waals surface area contributed by atoms with Crippen molar-refractivity contribution in [3.05, 3.63) is 59.2 Å². The Morgan fingerprint density at radius 1 is 0.969 bits per heavy atom. The van der Waals surface area contributed by atoms with Gasteiger partial charge >= 0.3 is 0 Å². The topological polar surface area (TPSA) is 76.7 Å². The molecule has 0 heterocycles. The third-order valence-corrected chi connectivity index (χ3v) is 5.08. The number of carbonyl (C=O) groups is 2. The van der Waals surface area contributed by atoms with E-state index in [0.717, 1.165) is 5.56 Å². The molecule has 1 atom stereocenters. The van der Waals surface area contributed by atoms with Crippen molar-refractivity contribution in [2.24, 2.45) is 0 Å². The number of methoxy groups -OCH3 is 1. The number of amides is 2. The van der Waals surface area contributed by atoms with E-state index < -0.39 is 0 Å². The van der Waals surface area contributed by atoms with Crippen molar-refractivity contribution in [3.8, 4) is 11.5 Å². The molecule has 6 nitrogen and oxygen atoms in total. The van der Waals surface area contributed by atoms with Gasteiger partial charge in [0.05, 0.1) is 19.3 Å². The van der Waals surface area contributed by atoms with E-state index in [1.165, 1.54) is 5.56 Å². The lowest BCUT2D eigenvalue weighted by atomic mass is 9.87. The third-order valence-electron chi connectivity index (χ3n) is 5.08. The van der Waals surface area contributed by atoms with Crippen molar-refractivity contribution in [3.63, 3.8) is 0 Å². The minimum atomic E-state index is -0.204. The van der Waals surface area contributed by atoms with Crippen LogP contribution in [-0.2, 0) is 10.2 Å². The Morgan fingerprint density at radius 2 is 1.62 bits per heavy atom. The summed E-state index contributed by atoms with van der Waals surface area (Å²) >= 11 is 0. The zero-order valence-electron chi connectivity index (χ0n) is 20.2. The number of ether oxygens (including phenoxy) is 2. The number of nitrogens with one attached hydrogen (secondary N) is 2. The van der Waals surface area contributed by atoms with E-state index >= 15 is 0 Å². The van der Waals surface area contributed by atoms with Crippen LogP contribution in [0.15, 0.2) is 42.5 Å². The zero-order chi connectivity index (χ0) is 23.9. The van der Waals surface area contributed by atoms with Crippen LogP contribution in [0.1, 0.15) is 75.5 Å². The Kier molecular flexibility index (Phi) is 8.70. The first-order chi connectivity index (χ1) is 15.0. The first-order valence-electron chi connectivity index (χ1n) is 11.0. The van der Waals surface area contributed by atoms with Crippen LogP contribution in [0.4, 0.5) is 0 Å². The van der Waals surface area contributed by atoms with E-state index in [-0.39, 0.29) is 42.3 Å².